The first-order chi connectivity index (χ1) is 10.8. The summed E-state index contributed by atoms with van der Waals surface area (Å²) in [5, 5.41) is 0.0144. The number of carbonyl (C=O) groups is 2. The fourth-order valence-corrected chi connectivity index (χ4v) is 2.66. The summed E-state index contributed by atoms with van der Waals surface area (Å²) in [5.74, 6) is 0.152. The molecule has 0 amide bonds. The second-order valence-corrected chi connectivity index (χ2v) is 5.90. The van der Waals surface area contributed by atoms with Gasteiger partial charge >= 0.3 is 0 Å². The molecule has 0 atom stereocenters. The highest BCUT2D eigenvalue weighted by Gasteiger charge is 2.03. The fourth-order valence-electron chi connectivity index (χ4n) is 1.97. The van der Waals surface area contributed by atoms with Crippen LogP contribution in [0.15, 0.2) is 77.7 Å². The summed E-state index contributed by atoms with van der Waals surface area (Å²) in [6, 6.07) is 18.9. The zero-order chi connectivity index (χ0) is 15.6. The van der Waals surface area contributed by atoms with E-state index in [1.54, 1.807) is 6.08 Å². The van der Waals surface area contributed by atoms with Crippen LogP contribution < -0.4 is 0 Å². The Bertz CT molecular complexity index is 633. The topological polar surface area (TPSA) is 34.1 Å². The van der Waals surface area contributed by atoms with Crippen LogP contribution in [-0.4, -0.2) is 10.9 Å². The van der Waals surface area contributed by atoms with E-state index < -0.39 is 0 Å². The van der Waals surface area contributed by atoms with Crippen LogP contribution in [-0.2, 0) is 4.79 Å². The average molecular weight is 310 g/mol. The van der Waals surface area contributed by atoms with Crippen molar-refractivity contribution < 1.29 is 9.59 Å². The number of hydrogen-bond donors (Lipinski definition) is 0. The van der Waals surface area contributed by atoms with Crippen LogP contribution >= 0.6 is 11.8 Å². The number of rotatable bonds is 7. The highest BCUT2D eigenvalue weighted by Crippen LogP contribution is 2.18. The van der Waals surface area contributed by atoms with E-state index in [-0.39, 0.29) is 10.9 Å². The molecule has 0 saturated carbocycles. The normalized spacial score (nSPS) is 10.7. The predicted octanol–water partition coefficient (Wildman–Crippen LogP) is 4.91. The molecule has 2 rings (SSSR count). The van der Waals surface area contributed by atoms with Crippen LogP contribution in [0.3, 0.4) is 0 Å². The number of allylic oxidation sites excluding steroid dienone is 1. The summed E-state index contributed by atoms with van der Waals surface area (Å²) in [6.07, 6.45) is 5.43. The lowest BCUT2D eigenvalue weighted by Crippen LogP contribution is -1.97. The molecular formula is C19H18O2S. The zero-order valence-corrected chi connectivity index (χ0v) is 13.1. The first-order valence-corrected chi connectivity index (χ1v) is 8.09. The Labute approximate surface area is 135 Å². The lowest BCUT2D eigenvalue weighted by atomic mass is 10.1. The molecule has 0 aliphatic rings. The number of thioether (sulfide) groups is 1. The second kappa shape index (κ2) is 9.00. The lowest BCUT2D eigenvalue weighted by Gasteiger charge is -1.99. The Balaban J connectivity index is 1.68. The number of carbonyl (C=O) groups excluding carboxylic acids is 2. The highest BCUT2D eigenvalue weighted by molar-refractivity contribution is 8.14. The number of benzene rings is 2. The maximum absolute atomic E-state index is 11.9. The van der Waals surface area contributed by atoms with Gasteiger partial charge in [0.2, 0.25) is 5.12 Å². The van der Waals surface area contributed by atoms with Gasteiger partial charge in [-0.2, -0.15) is 0 Å². The average Bonchev–Trinajstić information content (AvgIpc) is 2.56. The Morgan fingerprint density at radius 1 is 0.909 bits per heavy atom. The summed E-state index contributed by atoms with van der Waals surface area (Å²) < 4.78 is 0. The molecule has 0 aliphatic carbocycles. The summed E-state index contributed by atoms with van der Waals surface area (Å²) in [6.45, 7) is 0. The molecule has 0 saturated heterocycles. The Morgan fingerprint density at radius 3 is 2.23 bits per heavy atom. The van der Waals surface area contributed by atoms with Gasteiger partial charge in [-0.05, 0) is 42.8 Å². The van der Waals surface area contributed by atoms with Crippen molar-refractivity contribution in [2.75, 3.05) is 0 Å². The number of unbranched alkanes of at least 4 members (excludes halogenated alkanes) is 1. The quantitative estimate of drug-likeness (QED) is 0.315. The maximum Gasteiger partial charge on any atom is 0.216 e. The van der Waals surface area contributed by atoms with Gasteiger partial charge < -0.3 is 0 Å². The minimum atomic E-state index is 0.0144. The third-order valence-electron chi connectivity index (χ3n) is 3.09. The molecule has 0 heterocycles. The van der Waals surface area contributed by atoms with Crippen LogP contribution in [0.1, 0.15) is 29.6 Å². The number of hydrogen-bond acceptors (Lipinski definition) is 3. The molecule has 0 aliphatic heterocycles. The van der Waals surface area contributed by atoms with Crippen LogP contribution in [0.4, 0.5) is 0 Å². The van der Waals surface area contributed by atoms with Gasteiger partial charge in [-0.1, -0.05) is 54.6 Å². The van der Waals surface area contributed by atoms with Crippen molar-refractivity contribution in [3.8, 4) is 0 Å². The van der Waals surface area contributed by atoms with E-state index in [0.29, 0.717) is 6.42 Å². The molecule has 2 nitrogen and oxygen atoms in total. The monoisotopic (exact) mass is 310 g/mol. The van der Waals surface area contributed by atoms with Gasteiger partial charge in [0.1, 0.15) is 0 Å². The third kappa shape index (κ3) is 5.70. The molecular weight excluding hydrogens is 292 g/mol. The molecule has 3 heteroatoms. The summed E-state index contributed by atoms with van der Waals surface area (Å²) in [4.78, 5) is 24.6. The molecule has 0 radical (unpaired) electrons. The van der Waals surface area contributed by atoms with Crippen molar-refractivity contribution >= 4 is 22.7 Å². The molecule has 0 N–H and O–H groups in total. The smallest absolute Gasteiger partial charge is 0.216 e. The van der Waals surface area contributed by atoms with Crippen molar-refractivity contribution in [3.05, 3.63) is 78.4 Å². The van der Waals surface area contributed by atoms with Crippen molar-refractivity contribution in [2.45, 2.75) is 24.2 Å². The molecule has 0 bridgehead atoms. The second-order valence-electron chi connectivity index (χ2n) is 4.82. The summed E-state index contributed by atoms with van der Waals surface area (Å²) in [5.41, 5.74) is 0.752. The van der Waals surface area contributed by atoms with Crippen molar-refractivity contribution in [2.24, 2.45) is 0 Å². The van der Waals surface area contributed by atoms with Gasteiger partial charge in [-0.25, -0.2) is 0 Å². The van der Waals surface area contributed by atoms with E-state index in [2.05, 4.69) is 0 Å². The predicted molar refractivity (Wildman–Crippen MR) is 91.1 cm³/mol. The first kappa shape index (κ1) is 16.2. The summed E-state index contributed by atoms with van der Waals surface area (Å²) in [7, 11) is 0. The molecule has 0 unspecified atom stereocenters. The van der Waals surface area contributed by atoms with Gasteiger partial charge in [-0.15, -0.1) is 0 Å². The Kier molecular flexibility index (Phi) is 6.65. The molecule has 0 aromatic heterocycles. The van der Waals surface area contributed by atoms with Crippen LogP contribution in [0, 0.1) is 0 Å². The molecule has 0 spiro atoms. The zero-order valence-electron chi connectivity index (χ0n) is 12.3. The summed E-state index contributed by atoms with van der Waals surface area (Å²) >= 11 is 1.21. The van der Waals surface area contributed by atoms with Crippen molar-refractivity contribution in [1.82, 2.24) is 0 Å². The third-order valence-corrected chi connectivity index (χ3v) is 3.93. The minimum absolute atomic E-state index is 0.0144. The Hall–Kier alpha value is -2.13. The number of Topliss-reactive ketones (excluding diaryl/α,β-unsaturated/α-hetero) is 1. The SMILES string of the molecule is O=C(/C=C/CCCC(=O)c1ccccc1)Sc1ccccc1. The maximum atomic E-state index is 11.9. The molecule has 22 heavy (non-hydrogen) atoms. The highest BCUT2D eigenvalue weighted by atomic mass is 32.2. The lowest BCUT2D eigenvalue weighted by molar-refractivity contribution is -0.107. The molecule has 2 aromatic rings. The van der Waals surface area contributed by atoms with Crippen molar-refractivity contribution in [1.29, 1.82) is 0 Å². The van der Waals surface area contributed by atoms with E-state index >= 15 is 0 Å². The molecule has 112 valence electrons. The minimum Gasteiger partial charge on any atom is -0.294 e. The van der Waals surface area contributed by atoms with Crippen LogP contribution in [0.2, 0.25) is 0 Å². The van der Waals surface area contributed by atoms with Crippen LogP contribution in [0.5, 0.6) is 0 Å². The van der Waals surface area contributed by atoms with Gasteiger partial charge in [0.05, 0.1) is 0 Å². The van der Waals surface area contributed by atoms with E-state index in [9.17, 15) is 9.59 Å². The van der Waals surface area contributed by atoms with Crippen molar-refractivity contribution in [3.63, 3.8) is 0 Å². The number of ketones is 1. The van der Waals surface area contributed by atoms with Crippen LogP contribution in [0.25, 0.3) is 0 Å². The molecule has 2 aromatic carbocycles. The fraction of sp³-hybridized carbons (Fsp3) is 0.158. The van der Waals surface area contributed by atoms with E-state index in [1.807, 2.05) is 66.7 Å². The van der Waals surface area contributed by atoms with Gasteiger partial charge in [0, 0.05) is 16.9 Å². The van der Waals surface area contributed by atoms with Gasteiger partial charge in [-0.3, -0.25) is 9.59 Å². The Morgan fingerprint density at radius 2 is 1.55 bits per heavy atom. The molecule has 0 fully saturated rings. The largest absolute Gasteiger partial charge is 0.294 e. The van der Waals surface area contributed by atoms with E-state index in [1.165, 1.54) is 11.8 Å². The van der Waals surface area contributed by atoms with E-state index in [4.69, 9.17) is 0 Å². The van der Waals surface area contributed by atoms with Gasteiger partial charge in [0.15, 0.2) is 5.78 Å². The standard InChI is InChI=1S/C19H18O2S/c20-18(16-10-4-1-5-11-16)14-8-3-9-15-19(21)22-17-12-6-2-7-13-17/h1-2,4-7,9-13,15H,3,8,14H2/b15-9+. The van der Waals surface area contributed by atoms with Gasteiger partial charge in [0.25, 0.3) is 0 Å². The first-order valence-electron chi connectivity index (χ1n) is 7.27. The van der Waals surface area contributed by atoms with E-state index in [0.717, 1.165) is 23.3 Å².